The largest absolute Gasteiger partial charge is 1.00 e. The molecule has 2 aromatic carbocycles. The second-order valence-electron chi connectivity index (χ2n) is 8.42. The van der Waals surface area contributed by atoms with Crippen molar-refractivity contribution in [2.75, 3.05) is 31.1 Å². The third-order valence-electron chi connectivity index (χ3n) is 6.37. The Balaban J connectivity index is 0.00000380. The molecule has 1 aliphatic rings. The SMILES string of the molecule is CCN(CC)c1ccc(C(=C2C=CC(=[N+](CC)CC)C=C2)c2ccc(S(=O)(=O)O)cc2S(=O)(=O)O)cc1.[Na+].[Na+]. The fourth-order valence-electron chi connectivity index (χ4n) is 4.42. The van der Waals surface area contributed by atoms with Gasteiger partial charge in [0.05, 0.1) is 4.90 Å². The first-order valence-electron chi connectivity index (χ1n) is 12.1. The van der Waals surface area contributed by atoms with Crippen molar-refractivity contribution in [1.82, 2.24) is 0 Å². The van der Waals surface area contributed by atoms with Crippen LogP contribution in [0.5, 0.6) is 0 Å². The maximum atomic E-state index is 12.4. The molecule has 0 bridgehead atoms. The van der Waals surface area contributed by atoms with Crippen LogP contribution in [0.3, 0.4) is 0 Å². The number of nitrogens with zero attached hydrogens (tertiary/aromatic N) is 2. The second kappa shape index (κ2) is 15.3. The Morgan fingerprint density at radius 1 is 0.769 bits per heavy atom. The van der Waals surface area contributed by atoms with Crippen LogP contribution < -0.4 is 64.0 Å². The smallest absolute Gasteiger partial charge is 0.372 e. The Hall–Kier alpha value is -1.05. The molecule has 2 N–H and O–H groups in total. The maximum Gasteiger partial charge on any atom is 1.00 e. The molecule has 0 atom stereocenters. The van der Waals surface area contributed by atoms with Crippen molar-refractivity contribution in [3.05, 3.63) is 83.5 Å². The molecular formula is C27H33N2Na2O6S2+3. The molecule has 0 saturated carbocycles. The zero-order chi connectivity index (χ0) is 27.4. The van der Waals surface area contributed by atoms with Crippen molar-refractivity contribution in [1.29, 1.82) is 0 Å². The van der Waals surface area contributed by atoms with Gasteiger partial charge in [0.15, 0.2) is 5.71 Å². The van der Waals surface area contributed by atoms with Gasteiger partial charge in [-0.2, -0.15) is 16.8 Å². The zero-order valence-corrected chi connectivity index (χ0v) is 29.1. The first-order valence-corrected chi connectivity index (χ1v) is 15.0. The van der Waals surface area contributed by atoms with Crippen LogP contribution in [0.1, 0.15) is 38.8 Å². The van der Waals surface area contributed by atoms with E-state index in [1.807, 2.05) is 48.6 Å². The van der Waals surface area contributed by atoms with Gasteiger partial charge in [-0.05, 0) is 80.8 Å². The molecule has 0 saturated heterocycles. The summed E-state index contributed by atoms with van der Waals surface area (Å²) in [5.74, 6) is 0. The molecule has 0 fully saturated rings. The Labute approximate surface area is 276 Å². The van der Waals surface area contributed by atoms with Crippen molar-refractivity contribution in [2.45, 2.75) is 37.5 Å². The standard InChI is InChI=1S/C27H32N2O6S2.2Na/c1-5-28(6-2)22-13-9-20(10-14-22)27(21-11-15-23(16-12-21)29(7-3)8-4)25-18-17-24(36(30,31)32)19-26(25)37(33,34)35;;/h9-19H,5-8H2,1-4H3,(H-,30,31,32,33,34,35);;/q;2*+1/p+1. The van der Waals surface area contributed by atoms with Gasteiger partial charge < -0.3 is 4.90 Å². The Bertz CT molecular complexity index is 1480. The average molecular weight is 592 g/mol. The van der Waals surface area contributed by atoms with E-state index in [1.54, 1.807) is 0 Å². The van der Waals surface area contributed by atoms with E-state index in [4.69, 9.17) is 0 Å². The summed E-state index contributed by atoms with van der Waals surface area (Å²) in [5, 5.41) is 0. The molecule has 2 aromatic rings. The van der Waals surface area contributed by atoms with Gasteiger partial charge >= 0.3 is 59.1 Å². The summed E-state index contributed by atoms with van der Waals surface area (Å²) >= 11 is 0. The zero-order valence-electron chi connectivity index (χ0n) is 23.4. The summed E-state index contributed by atoms with van der Waals surface area (Å²) in [6, 6.07) is 10.8. The van der Waals surface area contributed by atoms with Crippen molar-refractivity contribution in [3.63, 3.8) is 0 Å². The number of hydrogen-bond acceptors (Lipinski definition) is 5. The molecule has 0 spiro atoms. The van der Waals surface area contributed by atoms with Crippen molar-refractivity contribution in [2.24, 2.45) is 0 Å². The first kappa shape index (κ1) is 36.0. The minimum atomic E-state index is -4.85. The number of allylic oxidation sites excluding steroid dienone is 5. The van der Waals surface area contributed by atoms with Crippen molar-refractivity contribution >= 4 is 37.2 Å². The number of hydrogen-bond donors (Lipinski definition) is 2. The van der Waals surface area contributed by atoms with E-state index in [9.17, 15) is 25.9 Å². The van der Waals surface area contributed by atoms with E-state index >= 15 is 0 Å². The van der Waals surface area contributed by atoms with E-state index < -0.39 is 30.0 Å². The quantitative estimate of drug-likeness (QED) is 0.206. The summed E-state index contributed by atoms with van der Waals surface area (Å²) in [6.07, 6.45) is 7.61. The van der Waals surface area contributed by atoms with Gasteiger partial charge in [-0.25, -0.2) is 4.58 Å². The molecule has 0 unspecified atom stereocenters. The van der Waals surface area contributed by atoms with Gasteiger partial charge in [-0.3, -0.25) is 9.11 Å². The summed E-state index contributed by atoms with van der Waals surface area (Å²) in [6.45, 7) is 11.5. The predicted octanol–water partition coefficient (Wildman–Crippen LogP) is -1.54. The molecule has 0 aliphatic heterocycles. The van der Waals surface area contributed by atoms with Crippen LogP contribution in [0.15, 0.2) is 82.1 Å². The van der Waals surface area contributed by atoms with Gasteiger partial charge in [0.2, 0.25) is 0 Å². The first-order chi connectivity index (χ1) is 17.4. The number of anilines is 1. The molecule has 39 heavy (non-hydrogen) atoms. The molecule has 8 nitrogen and oxygen atoms in total. The third kappa shape index (κ3) is 8.72. The van der Waals surface area contributed by atoms with Crippen LogP contribution in [0.25, 0.3) is 5.57 Å². The molecule has 1 aliphatic carbocycles. The third-order valence-corrected chi connectivity index (χ3v) is 8.11. The van der Waals surface area contributed by atoms with Gasteiger partial charge in [0.1, 0.15) is 18.0 Å². The van der Waals surface area contributed by atoms with Gasteiger partial charge in [0, 0.05) is 36.5 Å². The molecule has 0 amide bonds. The number of benzene rings is 2. The molecule has 3 rings (SSSR count). The van der Waals surface area contributed by atoms with Crippen LogP contribution in [0, 0.1) is 0 Å². The Kier molecular flexibility index (Phi) is 14.1. The molecule has 0 heterocycles. The summed E-state index contributed by atoms with van der Waals surface area (Å²) in [7, 11) is -9.54. The van der Waals surface area contributed by atoms with Gasteiger partial charge in [-0.1, -0.05) is 18.2 Å². The van der Waals surface area contributed by atoms with Crippen molar-refractivity contribution in [3.8, 4) is 0 Å². The van der Waals surface area contributed by atoms with Gasteiger partial charge in [0.25, 0.3) is 20.2 Å². The number of rotatable bonds is 9. The van der Waals surface area contributed by atoms with Crippen molar-refractivity contribution < 1.29 is 89.6 Å². The second-order valence-corrected chi connectivity index (χ2v) is 11.2. The van der Waals surface area contributed by atoms with Gasteiger partial charge in [-0.15, -0.1) is 0 Å². The molecule has 0 radical (unpaired) electrons. The van der Waals surface area contributed by atoms with E-state index in [1.165, 1.54) is 6.07 Å². The van der Waals surface area contributed by atoms with E-state index in [0.29, 0.717) is 16.7 Å². The average Bonchev–Trinajstić information content (AvgIpc) is 2.86. The van der Waals surface area contributed by atoms with Crippen LogP contribution in [-0.4, -0.2) is 62.4 Å². The molecule has 0 aromatic heterocycles. The Morgan fingerprint density at radius 3 is 1.74 bits per heavy atom. The van der Waals surface area contributed by atoms with Crippen LogP contribution in [0.2, 0.25) is 0 Å². The summed E-state index contributed by atoms with van der Waals surface area (Å²) in [4.78, 5) is 0.933. The Morgan fingerprint density at radius 2 is 1.31 bits per heavy atom. The summed E-state index contributed by atoms with van der Waals surface area (Å²) < 4.78 is 69.9. The van der Waals surface area contributed by atoms with Crippen LogP contribution in [0.4, 0.5) is 5.69 Å². The normalized spacial score (nSPS) is 13.0. The molecule has 198 valence electrons. The van der Waals surface area contributed by atoms with E-state index in [0.717, 1.165) is 49.7 Å². The summed E-state index contributed by atoms with van der Waals surface area (Å²) in [5.41, 5.74) is 3.96. The fraction of sp³-hybridized carbons (Fsp3) is 0.296. The van der Waals surface area contributed by atoms with E-state index in [-0.39, 0.29) is 64.7 Å². The predicted molar refractivity (Wildman–Crippen MR) is 147 cm³/mol. The van der Waals surface area contributed by atoms with E-state index in [2.05, 4.69) is 37.2 Å². The minimum Gasteiger partial charge on any atom is -0.372 e. The molecular weight excluding hydrogens is 558 g/mol. The van der Waals surface area contributed by atoms with Crippen LogP contribution in [-0.2, 0) is 20.2 Å². The van der Waals surface area contributed by atoms with Crippen LogP contribution >= 0.6 is 0 Å². The topological polar surface area (TPSA) is 115 Å². The fourth-order valence-corrected chi connectivity index (χ4v) is 5.72. The monoisotopic (exact) mass is 591 g/mol. The maximum absolute atomic E-state index is 12.4. The molecule has 12 heteroatoms. The minimum absolute atomic E-state index is 0.